The van der Waals surface area contributed by atoms with Crippen LogP contribution in [0.2, 0.25) is 0 Å². The Kier molecular flexibility index (Phi) is 4.34. The highest BCUT2D eigenvalue weighted by molar-refractivity contribution is 7.99. The Morgan fingerprint density at radius 2 is 2.20 bits per heavy atom. The Hall–Kier alpha value is -0.820. The summed E-state index contributed by atoms with van der Waals surface area (Å²) in [5.41, 5.74) is -0.0950. The van der Waals surface area contributed by atoms with Crippen molar-refractivity contribution in [1.29, 1.82) is 0 Å². The molecule has 5 nitrogen and oxygen atoms in total. The monoisotopic (exact) mass is 245 g/mol. The second kappa shape index (κ2) is 5.32. The third-order valence-corrected chi connectivity index (χ3v) is 3.05. The lowest BCUT2D eigenvalue weighted by Crippen LogP contribution is -2.00. The van der Waals surface area contributed by atoms with Gasteiger partial charge in [0.15, 0.2) is 10.1 Å². The van der Waals surface area contributed by atoms with Crippen LogP contribution in [0.15, 0.2) is 10.1 Å². The molecule has 0 aliphatic rings. The summed E-state index contributed by atoms with van der Waals surface area (Å²) in [6.45, 7) is 3.70. The summed E-state index contributed by atoms with van der Waals surface area (Å²) in [5.74, 6) is 1.30. The van der Waals surface area contributed by atoms with E-state index in [1.165, 1.54) is 11.8 Å². The zero-order chi connectivity index (χ0) is 11.4. The molecule has 0 fully saturated rings. The van der Waals surface area contributed by atoms with Gasteiger partial charge < -0.3 is 0 Å². The average Bonchev–Trinajstić information content (AvgIpc) is 2.12. The second-order valence-corrected chi connectivity index (χ2v) is 4.36. The van der Waals surface area contributed by atoms with E-state index in [1.807, 2.05) is 6.92 Å². The largest absolute Gasteiger partial charge is 0.333 e. The van der Waals surface area contributed by atoms with Crippen LogP contribution in [0.3, 0.4) is 0 Å². The zero-order valence-corrected chi connectivity index (χ0v) is 10.1. The van der Waals surface area contributed by atoms with Crippen LogP contribution in [0.1, 0.15) is 19.2 Å². The zero-order valence-electron chi connectivity index (χ0n) is 8.43. The molecule has 1 rings (SSSR count). The topological polar surface area (TPSA) is 68.9 Å². The van der Waals surface area contributed by atoms with Crippen molar-refractivity contribution in [3.63, 3.8) is 0 Å². The minimum atomic E-state index is -0.486. The molecular weight excluding hydrogens is 234 g/mol. The van der Waals surface area contributed by atoms with Gasteiger partial charge in [0.2, 0.25) is 0 Å². The van der Waals surface area contributed by atoms with Gasteiger partial charge in [0, 0.05) is 0 Å². The third kappa shape index (κ3) is 3.07. The lowest BCUT2D eigenvalue weighted by Gasteiger charge is -2.03. The molecule has 0 bridgehead atoms. The van der Waals surface area contributed by atoms with Crippen LogP contribution in [0.25, 0.3) is 0 Å². The fourth-order valence-corrected chi connectivity index (χ4v) is 2.30. The van der Waals surface area contributed by atoms with Crippen LogP contribution in [0, 0.1) is 17.0 Å². The first-order valence-corrected chi connectivity index (χ1v) is 5.84. The molecule has 0 radical (unpaired) electrons. The molecule has 0 saturated heterocycles. The van der Waals surface area contributed by atoms with Gasteiger partial charge in [0.25, 0.3) is 0 Å². The number of thiol groups is 1. The number of aromatic nitrogens is 2. The maximum Gasteiger partial charge on any atom is 0.333 e. The highest BCUT2D eigenvalue weighted by atomic mass is 32.2. The quantitative estimate of drug-likeness (QED) is 0.290. The van der Waals surface area contributed by atoms with Gasteiger partial charge in [0.05, 0.1) is 4.92 Å². The Morgan fingerprint density at radius 3 is 2.73 bits per heavy atom. The minimum absolute atomic E-state index is 0.0950. The predicted octanol–water partition coefficient (Wildman–Crippen LogP) is 2.48. The normalized spacial score (nSPS) is 10.3. The minimum Gasteiger partial charge on any atom is -0.258 e. The Bertz CT molecular complexity index is 384. The van der Waals surface area contributed by atoms with Crippen LogP contribution in [0.4, 0.5) is 5.69 Å². The number of aryl methyl sites for hydroxylation is 1. The number of hydrogen-bond acceptors (Lipinski definition) is 6. The molecule has 0 aromatic carbocycles. The van der Waals surface area contributed by atoms with Crippen molar-refractivity contribution in [3.8, 4) is 0 Å². The van der Waals surface area contributed by atoms with Crippen LogP contribution >= 0.6 is 24.4 Å². The molecule has 0 unspecified atom stereocenters. The number of nitro groups is 1. The van der Waals surface area contributed by atoms with Crippen molar-refractivity contribution in [2.75, 3.05) is 5.75 Å². The molecule has 1 heterocycles. The van der Waals surface area contributed by atoms with E-state index in [4.69, 9.17) is 0 Å². The second-order valence-electron chi connectivity index (χ2n) is 2.85. The van der Waals surface area contributed by atoms with E-state index in [0.29, 0.717) is 10.9 Å². The average molecular weight is 245 g/mol. The van der Waals surface area contributed by atoms with E-state index in [0.717, 1.165) is 12.2 Å². The van der Waals surface area contributed by atoms with Crippen molar-refractivity contribution in [1.82, 2.24) is 9.97 Å². The van der Waals surface area contributed by atoms with Crippen LogP contribution in [-0.2, 0) is 0 Å². The smallest absolute Gasteiger partial charge is 0.258 e. The van der Waals surface area contributed by atoms with E-state index in [2.05, 4.69) is 22.6 Å². The fraction of sp³-hybridized carbons (Fsp3) is 0.500. The summed E-state index contributed by atoms with van der Waals surface area (Å²) in [5, 5.41) is 11.3. The first-order valence-electron chi connectivity index (χ1n) is 4.41. The number of rotatable bonds is 4. The van der Waals surface area contributed by atoms with Crippen LogP contribution in [-0.4, -0.2) is 20.6 Å². The maximum atomic E-state index is 10.8. The van der Waals surface area contributed by atoms with Crippen molar-refractivity contribution in [3.05, 3.63) is 15.9 Å². The molecule has 0 saturated carbocycles. The lowest BCUT2D eigenvalue weighted by molar-refractivity contribution is -0.391. The summed E-state index contributed by atoms with van der Waals surface area (Å²) in [6.07, 6.45) is 0.937. The van der Waals surface area contributed by atoms with Gasteiger partial charge in [-0.25, -0.2) is 9.97 Å². The predicted molar refractivity (Wildman–Crippen MR) is 61.7 cm³/mol. The molecule has 7 heteroatoms. The number of nitrogens with zero attached hydrogens (tertiary/aromatic N) is 3. The van der Waals surface area contributed by atoms with Crippen molar-refractivity contribution < 1.29 is 4.92 Å². The Balaban J connectivity index is 3.14. The van der Waals surface area contributed by atoms with Crippen molar-refractivity contribution in [2.45, 2.75) is 30.3 Å². The maximum absolute atomic E-state index is 10.8. The first kappa shape index (κ1) is 12.3. The van der Waals surface area contributed by atoms with Crippen molar-refractivity contribution >= 4 is 30.1 Å². The molecule has 15 heavy (non-hydrogen) atoms. The molecule has 1 aromatic rings. The highest BCUT2D eigenvalue weighted by Gasteiger charge is 2.21. The molecular formula is C8H11N3O2S2. The molecule has 0 spiro atoms. The first-order chi connectivity index (χ1) is 7.06. The SMILES string of the molecule is CCCSc1nc(C)nc(S)c1[N+](=O)[O-]. The van der Waals surface area contributed by atoms with Gasteiger partial charge in [0.1, 0.15) is 5.82 Å². The third-order valence-electron chi connectivity index (χ3n) is 1.57. The van der Waals surface area contributed by atoms with E-state index in [-0.39, 0.29) is 10.7 Å². The molecule has 0 aliphatic heterocycles. The van der Waals surface area contributed by atoms with Gasteiger partial charge in [-0.15, -0.1) is 12.6 Å². The van der Waals surface area contributed by atoms with Gasteiger partial charge in [-0.3, -0.25) is 10.1 Å². The van der Waals surface area contributed by atoms with Gasteiger partial charge >= 0.3 is 5.69 Å². The molecule has 0 N–H and O–H groups in total. The summed E-state index contributed by atoms with van der Waals surface area (Å²) >= 11 is 5.35. The van der Waals surface area contributed by atoms with E-state index < -0.39 is 4.92 Å². The Morgan fingerprint density at radius 1 is 1.53 bits per heavy atom. The molecule has 0 amide bonds. The molecule has 0 atom stereocenters. The fourth-order valence-electron chi connectivity index (χ4n) is 0.986. The number of hydrogen-bond donors (Lipinski definition) is 1. The summed E-state index contributed by atoms with van der Waals surface area (Å²) in [7, 11) is 0. The van der Waals surface area contributed by atoms with Crippen LogP contribution in [0.5, 0.6) is 0 Å². The van der Waals surface area contributed by atoms with Gasteiger partial charge in [-0.05, 0) is 19.1 Å². The standard InChI is InChI=1S/C8H11N3O2S2/c1-3-4-15-8-6(11(12)13)7(14)9-5(2)10-8/h3-4H2,1-2H3,(H,9,10,14). The molecule has 0 aliphatic carbocycles. The van der Waals surface area contributed by atoms with Gasteiger partial charge in [-0.2, -0.15) is 0 Å². The summed E-state index contributed by atoms with van der Waals surface area (Å²) in [4.78, 5) is 18.2. The van der Waals surface area contributed by atoms with E-state index in [1.54, 1.807) is 6.92 Å². The van der Waals surface area contributed by atoms with Crippen molar-refractivity contribution in [2.24, 2.45) is 0 Å². The van der Waals surface area contributed by atoms with E-state index in [9.17, 15) is 10.1 Å². The molecule has 82 valence electrons. The number of thioether (sulfide) groups is 1. The van der Waals surface area contributed by atoms with Crippen LogP contribution < -0.4 is 0 Å². The van der Waals surface area contributed by atoms with E-state index >= 15 is 0 Å². The van der Waals surface area contributed by atoms with Gasteiger partial charge in [-0.1, -0.05) is 18.7 Å². The summed E-state index contributed by atoms with van der Waals surface area (Å²) in [6, 6.07) is 0. The summed E-state index contributed by atoms with van der Waals surface area (Å²) < 4.78 is 0. The lowest BCUT2D eigenvalue weighted by atomic mass is 10.5. The highest BCUT2D eigenvalue weighted by Crippen LogP contribution is 2.31. The molecule has 1 aromatic heterocycles. The Labute approximate surface area is 97.3 Å².